The molecule has 3 amide bonds. The first-order valence-electron chi connectivity index (χ1n) is 10.0. The van der Waals surface area contributed by atoms with E-state index >= 15 is 0 Å². The summed E-state index contributed by atoms with van der Waals surface area (Å²) in [6.45, 7) is 1.09. The molecule has 0 aromatic heterocycles. The first-order valence-corrected chi connectivity index (χ1v) is 10.4. The van der Waals surface area contributed by atoms with Crippen LogP contribution in [0.5, 0.6) is 0 Å². The van der Waals surface area contributed by atoms with Crippen molar-refractivity contribution in [3.63, 3.8) is 0 Å². The molecule has 3 rings (SSSR count). The second kappa shape index (κ2) is 10.7. The van der Waals surface area contributed by atoms with Gasteiger partial charge in [0.2, 0.25) is 0 Å². The van der Waals surface area contributed by atoms with Crippen LogP contribution in [0.2, 0.25) is 5.02 Å². The van der Waals surface area contributed by atoms with E-state index in [2.05, 4.69) is 20.9 Å². The van der Waals surface area contributed by atoms with Crippen molar-refractivity contribution in [2.45, 2.75) is 13.1 Å². The highest BCUT2D eigenvalue weighted by Gasteiger charge is 2.09. The minimum Gasteiger partial charge on any atom is -0.398 e. The van der Waals surface area contributed by atoms with Gasteiger partial charge in [-0.25, -0.2) is 4.79 Å². The number of urea groups is 1. The monoisotopic (exact) mass is 451 g/mol. The van der Waals surface area contributed by atoms with Crippen molar-refractivity contribution < 1.29 is 9.59 Å². The predicted molar refractivity (Wildman–Crippen MR) is 130 cm³/mol. The number of hydrogen-bond donors (Lipinski definition) is 4. The summed E-state index contributed by atoms with van der Waals surface area (Å²) in [5.74, 6) is -0.215. The number of nitrogens with zero attached hydrogens (tertiary/aromatic N) is 1. The highest BCUT2D eigenvalue weighted by Crippen LogP contribution is 2.22. The van der Waals surface area contributed by atoms with E-state index in [1.807, 2.05) is 44.4 Å². The summed E-state index contributed by atoms with van der Waals surface area (Å²) in [5.41, 5.74) is 9.84. The second-order valence-corrected chi connectivity index (χ2v) is 8.04. The molecule has 0 atom stereocenters. The fourth-order valence-corrected chi connectivity index (χ4v) is 3.23. The second-order valence-electron chi connectivity index (χ2n) is 7.63. The van der Waals surface area contributed by atoms with Gasteiger partial charge in [-0.2, -0.15) is 0 Å². The van der Waals surface area contributed by atoms with Gasteiger partial charge in [-0.1, -0.05) is 35.9 Å². The van der Waals surface area contributed by atoms with Crippen LogP contribution < -0.4 is 21.7 Å². The molecule has 32 heavy (non-hydrogen) atoms. The molecule has 8 heteroatoms. The molecule has 0 aliphatic rings. The molecule has 0 radical (unpaired) electrons. The lowest BCUT2D eigenvalue weighted by molar-refractivity contribution is 0.102. The van der Waals surface area contributed by atoms with Gasteiger partial charge >= 0.3 is 6.03 Å². The molecule has 0 spiro atoms. The maximum atomic E-state index is 12.6. The average molecular weight is 452 g/mol. The van der Waals surface area contributed by atoms with E-state index in [0.717, 1.165) is 17.8 Å². The Morgan fingerprint density at radius 2 is 1.62 bits per heavy atom. The van der Waals surface area contributed by atoms with Crippen LogP contribution in [0, 0.1) is 0 Å². The zero-order chi connectivity index (χ0) is 23.1. The van der Waals surface area contributed by atoms with E-state index < -0.39 is 6.03 Å². The zero-order valence-electron chi connectivity index (χ0n) is 18.0. The first kappa shape index (κ1) is 23.1. The Balaban J connectivity index is 1.55. The van der Waals surface area contributed by atoms with Gasteiger partial charge in [-0.05, 0) is 67.7 Å². The molecule has 3 aromatic rings. The van der Waals surface area contributed by atoms with Gasteiger partial charge in [0.15, 0.2) is 0 Å². The molecule has 0 aliphatic heterocycles. The number of hydrogen-bond acceptors (Lipinski definition) is 4. The van der Waals surface area contributed by atoms with Crippen molar-refractivity contribution in [2.75, 3.05) is 30.5 Å². The SMILES string of the molecule is CN(C)Cc1ccc(NC(=O)c2cccc(CNC(=O)Nc3ccc(N)c(Cl)c3)c2)cc1. The van der Waals surface area contributed by atoms with Gasteiger partial charge in [0.05, 0.1) is 10.7 Å². The average Bonchev–Trinajstić information content (AvgIpc) is 2.76. The number of benzene rings is 3. The number of anilines is 3. The molecule has 0 saturated carbocycles. The van der Waals surface area contributed by atoms with Crippen molar-refractivity contribution in [3.05, 3.63) is 88.4 Å². The third-order valence-corrected chi connectivity index (χ3v) is 4.94. The van der Waals surface area contributed by atoms with E-state index in [-0.39, 0.29) is 12.5 Å². The van der Waals surface area contributed by atoms with Crippen LogP contribution in [0.4, 0.5) is 21.9 Å². The molecule has 0 heterocycles. The molecule has 0 unspecified atom stereocenters. The van der Waals surface area contributed by atoms with Crippen LogP contribution in [0.15, 0.2) is 66.7 Å². The van der Waals surface area contributed by atoms with Gasteiger partial charge in [-0.15, -0.1) is 0 Å². The van der Waals surface area contributed by atoms with Crippen molar-refractivity contribution >= 4 is 40.6 Å². The van der Waals surface area contributed by atoms with Crippen LogP contribution in [0.1, 0.15) is 21.5 Å². The van der Waals surface area contributed by atoms with Crippen molar-refractivity contribution in [2.24, 2.45) is 0 Å². The van der Waals surface area contributed by atoms with Gasteiger partial charge in [0, 0.05) is 30.0 Å². The molecule has 7 nitrogen and oxygen atoms in total. The summed E-state index contributed by atoms with van der Waals surface area (Å²) in [7, 11) is 4.02. The minimum absolute atomic E-state index is 0.215. The Kier molecular flexibility index (Phi) is 7.70. The maximum absolute atomic E-state index is 12.6. The standard InChI is InChI=1S/C24H26ClN5O2/c1-30(2)15-16-6-8-19(9-7-16)28-23(31)18-5-3-4-17(12-18)14-27-24(32)29-20-10-11-22(26)21(25)13-20/h3-13H,14-15,26H2,1-2H3,(H,28,31)(H2,27,29,32). The fourth-order valence-electron chi connectivity index (χ4n) is 3.05. The number of nitrogen functional groups attached to an aromatic ring is 1. The molecule has 3 aromatic carbocycles. The number of nitrogens with two attached hydrogens (primary N) is 1. The van der Waals surface area contributed by atoms with Crippen LogP contribution in [-0.2, 0) is 13.1 Å². The van der Waals surface area contributed by atoms with Gasteiger partial charge in [0.1, 0.15) is 0 Å². The number of amides is 3. The number of carbonyl (C=O) groups is 2. The largest absolute Gasteiger partial charge is 0.398 e. The summed E-state index contributed by atoms with van der Waals surface area (Å²) in [4.78, 5) is 26.9. The van der Waals surface area contributed by atoms with Crippen LogP contribution >= 0.6 is 11.6 Å². The minimum atomic E-state index is -0.390. The molecule has 0 fully saturated rings. The van der Waals surface area contributed by atoms with Crippen LogP contribution in [0.3, 0.4) is 0 Å². The molecule has 5 N–H and O–H groups in total. The lowest BCUT2D eigenvalue weighted by Crippen LogP contribution is -2.28. The van der Waals surface area contributed by atoms with Crippen molar-refractivity contribution in [1.29, 1.82) is 0 Å². The van der Waals surface area contributed by atoms with E-state index in [9.17, 15) is 9.59 Å². The highest BCUT2D eigenvalue weighted by molar-refractivity contribution is 6.33. The van der Waals surface area contributed by atoms with Crippen LogP contribution in [0.25, 0.3) is 0 Å². The lowest BCUT2D eigenvalue weighted by atomic mass is 10.1. The van der Waals surface area contributed by atoms with E-state index in [1.165, 1.54) is 5.56 Å². The zero-order valence-corrected chi connectivity index (χ0v) is 18.7. The number of halogens is 1. The van der Waals surface area contributed by atoms with E-state index in [1.54, 1.807) is 36.4 Å². The summed E-state index contributed by atoms with van der Waals surface area (Å²) in [5, 5.41) is 8.72. The number of rotatable bonds is 7. The van der Waals surface area contributed by atoms with Gasteiger partial charge in [0.25, 0.3) is 5.91 Å². The Hall–Kier alpha value is -3.55. The summed E-state index contributed by atoms with van der Waals surface area (Å²) in [6.07, 6.45) is 0. The van der Waals surface area contributed by atoms with E-state index in [0.29, 0.717) is 22.0 Å². The smallest absolute Gasteiger partial charge is 0.319 e. The molecule has 0 bridgehead atoms. The molecule has 0 saturated heterocycles. The molecule has 0 aliphatic carbocycles. The molecule has 166 valence electrons. The Labute approximate surface area is 192 Å². The van der Waals surface area contributed by atoms with Crippen LogP contribution in [-0.4, -0.2) is 30.9 Å². The molecular formula is C24H26ClN5O2. The lowest BCUT2D eigenvalue weighted by Gasteiger charge is -2.11. The van der Waals surface area contributed by atoms with Crippen molar-refractivity contribution in [3.8, 4) is 0 Å². The normalized spacial score (nSPS) is 10.6. The van der Waals surface area contributed by atoms with Gasteiger partial charge < -0.3 is 26.6 Å². The maximum Gasteiger partial charge on any atom is 0.319 e. The predicted octanol–water partition coefficient (Wildman–Crippen LogP) is 4.56. The van der Waals surface area contributed by atoms with Crippen molar-refractivity contribution in [1.82, 2.24) is 10.2 Å². The Morgan fingerprint density at radius 1 is 0.906 bits per heavy atom. The Bertz CT molecular complexity index is 1100. The molecular weight excluding hydrogens is 426 g/mol. The van der Waals surface area contributed by atoms with Gasteiger partial charge in [-0.3, -0.25) is 4.79 Å². The Morgan fingerprint density at radius 3 is 2.31 bits per heavy atom. The third-order valence-electron chi connectivity index (χ3n) is 4.61. The fraction of sp³-hybridized carbons (Fsp3) is 0.167. The topological polar surface area (TPSA) is 99.5 Å². The quantitative estimate of drug-likeness (QED) is 0.396. The highest BCUT2D eigenvalue weighted by atomic mass is 35.5. The first-order chi connectivity index (χ1) is 15.3. The summed E-state index contributed by atoms with van der Waals surface area (Å²) in [6, 6.07) is 19.3. The summed E-state index contributed by atoms with van der Waals surface area (Å²) < 4.78 is 0. The van der Waals surface area contributed by atoms with E-state index in [4.69, 9.17) is 17.3 Å². The number of carbonyl (C=O) groups excluding carboxylic acids is 2. The third kappa shape index (κ3) is 6.73. The summed E-state index contributed by atoms with van der Waals surface area (Å²) >= 11 is 5.97. The number of nitrogens with one attached hydrogen (secondary N) is 3.